The summed E-state index contributed by atoms with van der Waals surface area (Å²) in [5.74, 6) is 0. The number of nitrogens with one attached hydrogen (secondary N) is 1. The molecule has 1 fully saturated rings. The SMILES string of the molecule is CCCN1CCN(CCC(C)(C#N)NC(C)C)CC1. The fourth-order valence-corrected chi connectivity index (χ4v) is 2.73. The van der Waals surface area contributed by atoms with Gasteiger partial charge < -0.3 is 9.80 Å². The van der Waals surface area contributed by atoms with Gasteiger partial charge in [-0.05, 0) is 40.2 Å². The summed E-state index contributed by atoms with van der Waals surface area (Å²) in [6.07, 6.45) is 2.14. The van der Waals surface area contributed by atoms with E-state index >= 15 is 0 Å². The molecule has 1 saturated heterocycles. The molecule has 1 N–H and O–H groups in total. The van der Waals surface area contributed by atoms with Crippen molar-refractivity contribution in [1.82, 2.24) is 15.1 Å². The van der Waals surface area contributed by atoms with E-state index in [4.69, 9.17) is 0 Å². The van der Waals surface area contributed by atoms with Gasteiger partial charge in [0.15, 0.2) is 0 Å². The summed E-state index contributed by atoms with van der Waals surface area (Å²) in [6.45, 7) is 15.3. The lowest BCUT2D eigenvalue weighted by Gasteiger charge is -2.36. The first kappa shape index (κ1) is 16.4. The number of piperazine rings is 1. The van der Waals surface area contributed by atoms with Crippen molar-refractivity contribution in [3.63, 3.8) is 0 Å². The van der Waals surface area contributed by atoms with Crippen molar-refractivity contribution >= 4 is 0 Å². The minimum Gasteiger partial charge on any atom is -0.301 e. The zero-order valence-electron chi connectivity index (χ0n) is 13.1. The summed E-state index contributed by atoms with van der Waals surface area (Å²) in [4.78, 5) is 5.02. The zero-order valence-corrected chi connectivity index (χ0v) is 13.1. The Balaban J connectivity index is 2.31. The molecule has 0 aromatic heterocycles. The maximum Gasteiger partial charge on any atom is 0.105 e. The molecule has 110 valence electrons. The summed E-state index contributed by atoms with van der Waals surface area (Å²) in [6, 6.07) is 2.78. The van der Waals surface area contributed by atoms with E-state index in [2.05, 4.69) is 42.0 Å². The molecular formula is C15H30N4. The van der Waals surface area contributed by atoms with Gasteiger partial charge >= 0.3 is 0 Å². The number of hydrogen-bond donors (Lipinski definition) is 1. The predicted molar refractivity (Wildman–Crippen MR) is 80.1 cm³/mol. The minimum absolute atomic E-state index is 0.353. The number of nitrogens with zero attached hydrogens (tertiary/aromatic N) is 3. The first-order valence-electron chi connectivity index (χ1n) is 7.63. The third kappa shape index (κ3) is 5.90. The predicted octanol–water partition coefficient (Wildman–Crippen LogP) is 1.68. The Labute approximate surface area is 118 Å². The summed E-state index contributed by atoms with van der Waals surface area (Å²) in [5, 5.41) is 12.7. The molecule has 1 aliphatic rings. The topological polar surface area (TPSA) is 42.3 Å². The van der Waals surface area contributed by atoms with Crippen molar-refractivity contribution in [3.8, 4) is 6.07 Å². The average Bonchev–Trinajstić information content (AvgIpc) is 2.38. The van der Waals surface area contributed by atoms with Crippen LogP contribution in [-0.2, 0) is 0 Å². The van der Waals surface area contributed by atoms with Crippen molar-refractivity contribution < 1.29 is 0 Å². The van der Waals surface area contributed by atoms with Crippen molar-refractivity contribution in [3.05, 3.63) is 0 Å². The molecule has 0 bridgehead atoms. The highest BCUT2D eigenvalue weighted by Gasteiger charge is 2.26. The van der Waals surface area contributed by atoms with Gasteiger partial charge in [0, 0.05) is 38.8 Å². The van der Waals surface area contributed by atoms with Crippen LogP contribution < -0.4 is 5.32 Å². The molecular weight excluding hydrogens is 236 g/mol. The van der Waals surface area contributed by atoms with Crippen LogP contribution in [-0.4, -0.2) is 60.6 Å². The lowest BCUT2D eigenvalue weighted by molar-refractivity contribution is 0.125. The van der Waals surface area contributed by atoms with Crippen LogP contribution in [0.5, 0.6) is 0 Å². The van der Waals surface area contributed by atoms with E-state index in [-0.39, 0.29) is 0 Å². The van der Waals surface area contributed by atoms with E-state index in [9.17, 15) is 5.26 Å². The van der Waals surface area contributed by atoms with Gasteiger partial charge in [0.25, 0.3) is 0 Å². The van der Waals surface area contributed by atoms with Crippen molar-refractivity contribution in [1.29, 1.82) is 5.26 Å². The third-order valence-electron chi connectivity index (χ3n) is 3.79. The Morgan fingerprint density at radius 2 is 1.68 bits per heavy atom. The molecule has 1 unspecified atom stereocenters. The van der Waals surface area contributed by atoms with Crippen LogP contribution in [0.1, 0.15) is 40.5 Å². The highest BCUT2D eigenvalue weighted by Crippen LogP contribution is 2.12. The molecule has 0 aromatic carbocycles. The second-order valence-electron chi connectivity index (χ2n) is 6.18. The highest BCUT2D eigenvalue weighted by atomic mass is 15.3. The van der Waals surface area contributed by atoms with Gasteiger partial charge in [0.1, 0.15) is 5.54 Å². The molecule has 0 saturated carbocycles. The van der Waals surface area contributed by atoms with Crippen LogP contribution in [0.25, 0.3) is 0 Å². The lowest BCUT2D eigenvalue weighted by atomic mass is 9.98. The summed E-state index contributed by atoms with van der Waals surface area (Å²) >= 11 is 0. The first-order chi connectivity index (χ1) is 8.99. The zero-order chi connectivity index (χ0) is 14.3. The Hall–Kier alpha value is -0.630. The number of hydrogen-bond acceptors (Lipinski definition) is 4. The summed E-state index contributed by atoms with van der Waals surface area (Å²) in [7, 11) is 0. The molecule has 1 atom stereocenters. The molecule has 0 amide bonds. The molecule has 0 spiro atoms. The van der Waals surface area contributed by atoms with Crippen molar-refractivity contribution in [2.75, 3.05) is 39.3 Å². The molecule has 0 aromatic rings. The van der Waals surface area contributed by atoms with E-state index < -0.39 is 5.54 Å². The standard InChI is InChI=1S/C15H30N4/c1-5-7-18-9-11-19(12-10-18)8-6-15(4,13-16)17-14(2)3/h14,17H,5-12H2,1-4H3. The Morgan fingerprint density at radius 3 is 2.11 bits per heavy atom. The molecule has 0 aliphatic carbocycles. The van der Waals surface area contributed by atoms with Gasteiger partial charge in [-0.2, -0.15) is 5.26 Å². The third-order valence-corrected chi connectivity index (χ3v) is 3.79. The van der Waals surface area contributed by atoms with Gasteiger partial charge in [0.2, 0.25) is 0 Å². The molecule has 1 aliphatic heterocycles. The number of nitriles is 1. The van der Waals surface area contributed by atoms with Gasteiger partial charge in [0.05, 0.1) is 6.07 Å². The fourth-order valence-electron chi connectivity index (χ4n) is 2.73. The van der Waals surface area contributed by atoms with Crippen LogP contribution in [0.4, 0.5) is 0 Å². The Kier molecular flexibility index (Phi) is 6.78. The van der Waals surface area contributed by atoms with Gasteiger partial charge in [-0.1, -0.05) is 6.92 Å². The highest BCUT2D eigenvalue weighted by molar-refractivity contribution is 5.04. The van der Waals surface area contributed by atoms with Crippen LogP contribution >= 0.6 is 0 Å². The molecule has 4 heteroatoms. The van der Waals surface area contributed by atoms with E-state index in [0.717, 1.165) is 26.1 Å². The largest absolute Gasteiger partial charge is 0.301 e. The van der Waals surface area contributed by atoms with Crippen molar-refractivity contribution in [2.45, 2.75) is 52.1 Å². The van der Waals surface area contributed by atoms with E-state index in [1.54, 1.807) is 0 Å². The Bertz CT molecular complexity index is 289. The normalized spacial score (nSPS) is 21.3. The lowest BCUT2D eigenvalue weighted by Crippen LogP contribution is -2.50. The number of rotatable bonds is 7. The van der Waals surface area contributed by atoms with Crippen LogP contribution in [0.3, 0.4) is 0 Å². The minimum atomic E-state index is -0.394. The Morgan fingerprint density at radius 1 is 1.16 bits per heavy atom. The second-order valence-corrected chi connectivity index (χ2v) is 6.18. The van der Waals surface area contributed by atoms with E-state index in [1.165, 1.54) is 26.1 Å². The van der Waals surface area contributed by atoms with Crippen LogP contribution in [0.15, 0.2) is 0 Å². The van der Waals surface area contributed by atoms with Crippen LogP contribution in [0.2, 0.25) is 0 Å². The summed E-state index contributed by atoms with van der Waals surface area (Å²) in [5.41, 5.74) is -0.394. The first-order valence-corrected chi connectivity index (χ1v) is 7.63. The fraction of sp³-hybridized carbons (Fsp3) is 0.933. The van der Waals surface area contributed by atoms with E-state index in [0.29, 0.717) is 6.04 Å². The maximum absolute atomic E-state index is 9.34. The molecule has 0 radical (unpaired) electrons. The van der Waals surface area contributed by atoms with Crippen LogP contribution in [0, 0.1) is 11.3 Å². The smallest absolute Gasteiger partial charge is 0.105 e. The molecule has 1 rings (SSSR count). The molecule has 4 nitrogen and oxygen atoms in total. The van der Waals surface area contributed by atoms with E-state index in [1.807, 2.05) is 6.92 Å². The molecule has 1 heterocycles. The van der Waals surface area contributed by atoms with Gasteiger partial charge in [-0.15, -0.1) is 0 Å². The van der Waals surface area contributed by atoms with Gasteiger partial charge in [-0.25, -0.2) is 0 Å². The van der Waals surface area contributed by atoms with Crippen molar-refractivity contribution in [2.24, 2.45) is 0 Å². The average molecular weight is 266 g/mol. The maximum atomic E-state index is 9.34. The second kappa shape index (κ2) is 7.84. The quantitative estimate of drug-likeness (QED) is 0.761. The monoisotopic (exact) mass is 266 g/mol. The van der Waals surface area contributed by atoms with Gasteiger partial charge in [-0.3, -0.25) is 5.32 Å². The molecule has 19 heavy (non-hydrogen) atoms. The summed E-state index contributed by atoms with van der Waals surface area (Å²) < 4.78 is 0.